The Hall–Kier alpha value is 1.25. The zero-order valence-electron chi connectivity index (χ0n) is 8.39. The van der Waals surface area contributed by atoms with Crippen LogP contribution in [0.25, 0.3) is 0 Å². The van der Waals surface area contributed by atoms with E-state index in [4.69, 9.17) is 71.0 Å². The maximum Gasteiger partial charge on any atom is 2.00 e. The van der Waals surface area contributed by atoms with Gasteiger partial charge in [-0.2, -0.15) is 0 Å². The molecule has 0 radical (unpaired) electrons. The van der Waals surface area contributed by atoms with Crippen molar-refractivity contribution in [2.45, 2.75) is 0 Å². The maximum atomic E-state index is 6.25. The summed E-state index contributed by atoms with van der Waals surface area (Å²) in [5, 5.41) is 37.5. The minimum absolute atomic E-state index is 0. The molecule has 0 aromatic rings. The summed E-state index contributed by atoms with van der Waals surface area (Å²) in [4.78, 5) is 0. The molecule has 0 amide bonds. The summed E-state index contributed by atoms with van der Waals surface area (Å²) in [6.45, 7) is 28.5. The van der Waals surface area contributed by atoms with Gasteiger partial charge in [0.25, 0.3) is 0 Å². The van der Waals surface area contributed by atoms with Crippen LogP contribution in [0.2, 0.25) is 0 Å². The third kappa shape index (κ3) is 1980. The van der Waals surface area contributed by atoms with Crippen LogP contribution in [0, 0.1) is 71.0 Å². The van der Waals surface area contributed by atoms with Crippen LogP contribution in [-0.2, 0) is 34.1 Å². The Morgan fingerprint density at radius 2 is 0.312 bits per heavy atom. The monoisotopic (exact) mass is 346 g/mol. The summed E-state index contributed by atoms with van der Waals surface area (Å²) in [6, 6.07) is 0. The van der Waals surface area contributed by atoms with Gasteiger partial charge in [0.05, 0.1) is 0 Å². The Morgan fingerprint density at radius 1 is 0.312 bits per heavy atom. The van der Waals surface area contributed by atoms with Gasteiger partial charge in [0.15, 0.2) is 0 Å². The second-order valence-corrected chi connectivity index (χ2v) is 0. The topological polar surface area (TPSA) is 143 Å². The van der Waals surface area contributed by atoms with E-state index in [0.29, 0.717) is 0 Å². The van der Waals surface area contributed by atoms with E-state index in [2.05, 4.69) is 0 Å². The van der Waals surface area contributed by atoms with Crippen LogP contribution in [0.5, 0.6) is 0 Å². The second kappa shape index (κ2) is 2410. The SMILES string of the molecule is [C-]#N.[C-]#N.[C-]#N.[C-]#N.[C-]#N.[C-]#N.[Fe+2].[Fe+2].[K+].[K+]. The summed E-state index contributed by atoms with van der Waals surface area (Å²) in [7, 11) is 0. The summed E-state index contributed by atoms with van der Waals surface area (Å²) in [5.41, 5.74) is 0. The van der Waals surface area contributed by atoms with Gasteiger partial charge in [-0.25, -0.2) is 0 Å². The Labute approximate surface area is 203 Å². The average Bonchev–Trinajstić information content (AvgIpc) is 2.33. The third-order valence-corrected chi connectivity index (χ3v) is 0. The summed E-state index contributed by atoms with van der Waals surface area (Å²) >= 11 is 0. The summed E-state index contributed by atoms with van der Waals surface area (Å²) < 4.78 is 0. The van der Waals surface area contributed by atoms with E-state index in [9.17, 15) is 0 Å². The van der Waals surface area contributed by atoms with Crippen LogP contribution in [0.1, 0.15) is 0 Å². The zero-order valence-corrected chi connectivity index (χ0v) is 16.8. The Kier molecular flexibility index (Phi) is 13100. The Bertz CT molecular complexity index is 104. The van der Waals surface area contributed by atoms with Crippen LogP contribution < -0.4 is 103 Å². The van der Waals surface area contributed by atoms with E-state index < -0.39 is 0 Å². The first-order valence-corrected chi connectivity index (χ1v) is 1.34. The van der Waals surface area contributed by atoms with Crippen molar-refractivity contribution in [2.75, 3.05) is 0 Å². The molecule has 0 aromatic carbocycles. The molecule has 0 unspecified atom stereocenters. The molecule has 0 bridgehead atoms. The zero-order chi connectivity index (χ0) is 12.0. The van der Waals surface area contributed by atoms with Gasteiger partial charge in [-0.1, -0.05) is 0 Å². The Morgan fingerprint density at radius 3 is 0.312 bits per heavy atom. The number of nitrogens with zero attached hydrogens (tertiary/aromatic N) is 6. The van der Waals surface area contributed by atoms with Crippen molar-refractivity contribution in [2.24, 2.45) is 0 Å². The van der Waals surface area contributed by atoms with Gasteiger partial charge in [0.1, 0.15) is 0 Å². The minimum Gasteiger partial charge on any atom is -0.512 e. The van der Waals surface area contributed by atoms with E-state index in [1.165, 1.54) is 0 Å². The molecule has 72 valence electrons. The number of rotatable bonds is 0. The first kappa shape index (κ1) is 86.6. The molecule has 0 saturated carbocycles. The van der Waals surface area contributed by atoms with E-state index in [-0.39, 0.29) is 137 Å². The Balaban J connectivity index is -0.00000000321. The van der Waals surface area contributed by atoms with Crippen molar-refractivity contribution in [3.8, 4) is 0 Å². The van der Waals surface area contributed by atoms with Crippen molar-refractivity contribution in [1.82, 2.24) is 0 Å². The molecule has 0 N–H and O–H groups in total. The molecule has 0 heterocycles. The molecule has 0 fully saturated rings. The van der Waals surface area contributed by atoms with Gasteiger partial charge < -0.3 is 71.0 Å². The van der Waals surface area contributed by atoms with Crippen molar-refractivity contribution in [3.63, 3.8) is 0 Å². The van der Waals surface area contributed by atoms with Gasteiger partial charge in [-0.3, -0.25) is 0 Å². The van der Waals surface area contributed by atoms with Crippen molar-refractivity contribution in [1.29, 1.82) is 31.6 Å². The van der Waals surface area contributed by atoms with E-state index in [1.807, 2.05) is 0 Å². The van der Waals surface area contributed by atoms with Crippen LogP contribution in [-0.4, -0.2) is 0 Å². The quantitative estimate of drug-likeness (QED) is 0.316. The van der Waals surface area contributed by atoms with Gasteiger partial charge in [-0.15, -0.1) is 0 Å². The molecule has 0 rings (SSSR count). The van der Waals surface area contributed by atoms with Gasteiger partial charge in [-0.05, 0) is 0 Å². The molecular weight excluding hydrogens is 346 g/mol. The van der Waals surface area contributed by atoms with Crippen LogP contribution in [0.3, 0.4) is 0 Å². The molecule has 0 atom stereocenters. The number of hydrogen-bond acceptors (Lipinski definition) is 6. The van der Waals surface area contributed by atoms with Crippen LogP contribution in [0.4, 0.5) is 0 Å². The molecule has 0 saturated heterocycles. The van der Waals surface area contributed by atoms with E-state index >= 15 is 0 Å². The molecule has 16 heavy (non-hydrogen) atoms. The molecule has 0 aliphatic carbocycles. The molecular formula is C6Fe2K2N6. The maximum absolute atomic E-state index is 6.25. The summed E-state index contributed by atoms with van der Waals surface area (Å²) in [5.74, 6) is 0. The fraction of sp³-hybridized carbons (Fsp3) is 0. The predicted octanol–water partition coefficient (Wildman–Crippen LogP) is -5.42. The van der Waals surface area contributed by atoms with E-state index in [0.717, 1.165) is 0 Å². The molecule has 0 spiro atoms. The van der Waals surface area contributed by atoms with Crippen LogP contribution in [0.15, 0.2) is 0 Å². The molecule has 0 aliphatic heterocycles. The fourth-order valence-corrected chi connectivity index (χ4v) is 0. The van der Waals surface area contributed by atoms with E-state index in [1.54, 1.807) is 0 Å². The first-order valence-electron chi connectivity index (χ1n) is 1.34. The third-order valence-electron chi connectivity index (χ3n) is 0. The van der Waals surface area contributed by atoms with Crippen molar-refractivity contribution >= 4 is 0 Å². The van der Waals surface area contributed by atoms with Crippen LogP contribution >= 0.6 is 0 Å². The van der Waals surface area contributed by atoms with Crippen molar-refractivity contribution in [3.05, 3.63) is 39.4 Å². The molecule has 6 nitrogen and oxygen atoms in total. The second-order valence-electron chi connectivity index (χ2n) is 0. The fourth-order valence-electron chi connectivity index (χ4n) is 0. The van der Waals surface area contributed by atoms with Gasteiger partial charge in [0, 0.05) is 0 Å². The largest absolute Gasteiger partial charge is 2.00 e. The molecule has 10 heteroatoms. The minimum atomic E-state index is 0. The normalized spacial score (nSPS) is 0.750. The number of hydrogen-bond donors (Lipinski definition) is 0. The predicted molar refractivity (Wildman–Crippen MR) is 29.8 cm³/mol. The average molecular weight is 346 g/mol. The summed E-state index contributed by atoms with van der Waals surface area (Å²) in [6.07, 6.45) is 0. The van der Waals surface area contributed by atoms with Gasteiger partial charge in [0.2, 0.25) is 0 Å². The standard InChI is InChI=1S/6CN.2Fe.2K/c6*1-2;;;;/q6*-1;2*+2;2*+1. The first-order chi connectivity index (χ1) is 6.00. The van der Waals surface area contributed by atoms with Crippen molar-refractivity contribution < 1.29 is 137 Å². The molecule has 0 aliphatic rings. The van der Waals surface area contributed by atoms with Gasteiger partial charge >= 0.3 is 137 Å². The molecule has 0 aromatic heterocycles. The smallest absolute Gasteiger partial charge is 0.512 e.